The van der Waals surface area contributed by atoms with Gasteiger partial charge in [-0.1, -0.05) is 42.8 Å². The highest BCUT2D eigenvalue weighted by Crippen LogP contribution is 2.27. The normalized spacial score (nSPS) is 19.6. The first-order valence-electron chi connectivity index (χ1n) is 10.8. The van der Waals surface area contributed by atoms with Crippen LogP contribution < -0.4 is 5.32 Å². The summed E-state index contributed by atoms with van der Waals surface area (Å²) in [7, 11) is -3.62. The number of morpholine rings is 1. The van der Waals surface area contributed by atoms with Crippen molar-refractivity contribution in [2.24, 2.45) is 0 Å². The number of hydrogen-bond donors (Lipinski definition) is 1. The number of rotatable bonds is 6. The second kappa shape index (κ2) is 9.91. The number of carbonyl (C=O) groups is 1. The van der Waals surface area contributed by atoms with Crippen LogP contribution in [0.1, 0.15) is 30.9 Å². The fraction of sp³-hybridized carbons (Fsp3) is 0.435. The lowest BCUT2D eigenvalue weighted by atomic mass is 10.0. The van der Waals surface area contributed by atoms with Crippen LogP contribution in [0.5, 0.6) is 0 Å². The summed E-state index contributed by atoms with van der Waals surface area (Å²) >= 11 is 0. The third kappa shape index (κ3) is 5.15. The van der Waals surface area contributed by atoms with Crippen LogP contribution in [0.4, 0.5) is 5.69 Å². The first-order chi connectivity index (χ1) is 15.1. The molecule has 2 heterocycles. The summed E-state index contributed by atoms with van der Waals surface area (Å²) in [5.74, 6) is -0.144. The molecule has 0 aromatic heterocycles. The van der Waals surface area contributed by atoms with Crippen molar-refractivity contribution in [1.82, 2.24) is 9.21 Å². The van der Waals surface area contributed by atoms with Gasteiger partial charge in [0.25, 0.3) is 0 Å². The largest absolute Gasteiger partial charge is 0.379 e. The van der Waals surface area contributed by atoms with Gasteiger partial charge in [-0.3, -0.25) is 9.69 Å². The molecule has 2 aliphatic heterocycles. The second-order valence-corrected chi connectivity index (χ2v) is 9.88. The van der Waals surface area contributed by atoms with Crippen LogP contribution >= 0.6 is 0 Å². The quantitative estimate of drug-likeness (QED) is 0.743. The minimum absolute atomic E-state index is 0.144. The summed E-state index contributed by atoms with van der Waals surface area (Å²) in [5, 5.41) is 2.96. The van der Waals surface area contributed by atoms with Crippen LogP contribution in [-0.2, 0) is 19.6 Å². The Bertz CT molecular complexity index is 985. The van der Waals surface area contributed by atoms with E-state index in [1.54, 1.807) is 24.3 Å². The lowest BCUT2D eigenvalue weighted by Gasteiger charge is -2.34. The molecule has 2 aromatic carbocycles. The van der Waals surface area contributed by atoms with Gasteiger partial charge in [0.05, 0.1) is 18.1 Å². The van der Waals surface area contributed by atoms with Crippen molar-refractivity contribution < 1.29 is 17.9 Å². The van der Waals surface area contributed by atoms with Crippen LogP contribution in [0.25, 0.3) is 0 Å². The average molecular weight is 444 g/mol. The van der Waals surface area contributed by atoms with E-state index in [2.05, 4.69) is 10.2 Å². The number of ether oxygens (including phenoxy) is 1. The molecule has 1 amide bonds. The van der Waals surface area contributed by atoms with Crippen molar-refractivity contribution in [2.75, 3.05) is 44.7 Å². The molecule has 1 N–H and O–H groups in total. The summed E-state index contributed by atoms with van der Waals surface area (Å²) in [5.41, 5.74) is 1.43. The summed E-state index contributed by atoms with van der Waals surface area (Å²) in [6.45, 7) is 3.21. The van der Waals surface area contributed by atoms with Crippen LogP contribution in [-0.4, -0.2) is 62.9 Å². The number of hydrogen-bond acceptors (Lipinski definition) is 5. The molecule has 0 aliphatic carbocycles. The van der Waals surface area contributed by atoms with Gasteiger partial charge in [0.1, 0.15) is 6.04 Å². The zero-order valence-electron chi connectivity index (χ0n) is 17.6. The van der Waals surface area contributed by atoms with Gasteiger partial charge >= 0.3 is 0 Å². The summed E-state index contributed by atoms with van der Waals surface area (Å²) in [6.07, 6.45) is 3.33. The van der Waals surface area contributed by atoms with Crippen molar-refractivity contribution in [2.45, 2.75) is 30.2 Å². The Morgan fingerprint density at radius 2 is 1.61 bits per heavy atom. The minimum atomic E-state index is -3.62. The first-order valence-corrected chi connectivity index (χ1v) is 12.3. The van der Waals surface area contributed by atoms with E-state index in [0.29, 0.717) is 32.0 Å². The van der Waals surface area contributed by atoms with Gasteiger partial charge in [0.2, 0.25) is 15.9 Å². The van der Waals surface area contributed by atoms with Crippen molar-refractivity contribution >= 4 is 21.6 Å². The maximum atomic E-state index is 13.3. The second-order valence-electron chi connectivity index (χ2n) is 7.94. The number of nitrogens with zero attached hydrogens (tertiary/aromatic N) is 2. The minimum Gasteiger partial charge on any atom is -0.379 e. The predicted octanol–water partition coefficient (Wildman–Crippen LogP) is 2.87. The van der Waals surface area contributed by atoms with E-state index in [0.717, 1.165) is 31.5 Å². The third-order valence-corrected chi connectivity index (χ3v) is 7.72. The Hall–Kier alpha value is -2.26. The molecule has 0 saturated carbocycles. The Kier molecular flexibility index (Phi) is 7.02. The molecule has 1 atom stereocenters. The fourth-order valence-corrected chi connectivity index (χ4v) is 5.68. The molecule has 7 nitrogen and oxygen atoms in total. The molecule has 2 aliphatic rings. The van der Waals surface area contributed by atoms with Crippen molar-refractivity contribution in [3.05, 3.63) is 60.2 Å². The molecule has 4 rings (SSSR count). The van der Waals surface area contributed by atoms with Gasteiger partial charge in [-0.2, -0.15) is 4.31 Å². The maximum Gasteiger partial charge on any atom is 0.246 e. The van der Waals surface area contributed by atoms with E-state index in [-0.39, 0.29) is 10.8 Å². The predicted molar refractivity (Wildman–Crippen MR) is 119 cm³/mol. The number of amides is 1. The third-order valence-electron chi connectivity index (χ3n) is 5.83. The zero-order chi connectivity index (χ0) is 21.7. The highest BCUT2D eigenvalue weighted by atomic mass is 32.2. The number of piperidine rings is 1. The molecule has 0 unspecified atom stereocenters. The summed E-state index contributed by atoms with van der Waals surface area (Å²) in [6, 6.07) is 15.9. The van der Waals surface area contributed by atoms with E-state index in [1.165, 1.54) is 10.7 Å². The van der Waals surface area contributed by atoms with Gasteiger partial charge in [-0.05, 0) is 49.7 Å². The van der Waals surface area contributed by atoms with E-state index in [9.17, 15) is 13.2 Å². The van der Waals surface area contributed by atoms with E-state index in [4.69, 9.17) is 4.74 Å². The summed E-state index contributed by atoms with van der Waals surface area (Å²) in [4.78, 5) is 15.7. The van der Waals surface area contributed by atoms with Crippen LogP contribution in [0.15, 0.2) is 59.5 Å². The lowest BCUT2D eigenvalue weighted by molar-refractivity contribution is -0.122. The molecule has 8 heteroatoms. The molecule has 0 radical (unpaired) electrons. The SMILES string of the molecule is O=C(Nc1cccc(S(=O)(=O)N2CCOCC2)c1)[C@@H](c1ccccc1)N1CCCCC1. The smallest absolute Gasteiger partial charge is 0.246 e. The topological polar surface area (TPSA) is 79.0 Å². The maximum absolute atomic E-state index is 13.3. The molecule has 31 heavy (non-hydrogen) atoms. The van der Waals surface area contributed by atoms with Crippen molar-refractivity contribution in [3.8, 4) is 0 Å². The van der Waals surface area contributed by atoms with Gasteiger partial charge in [0.15, 0.2) is 0 Å². The lowest BCUT2D eigenvalue weighted by Crippen LogP contribution is -2.41. The average Bonchev–Trinajstić information content (AvgIpc) is 2.81. The van der Waals surface area contributed by atoms with Gasteiger partial charge in [-0.25, -0.2) is 8.42 Å². The number of likely N-dealkylation sites (tertiary alicyclic amines) is 1. The highest BCUT2D eigenvalue weighted by molar-refractivity contribution is 7.89. The standard InChI is InChI=1S/C23H29N3O4S/c27-23(22(19-8-3-1-4-9-19)25-12-5-2-6-13-25)24-20-10-7-11-21(18-20)31(28,29)26-14-16-30-17-15-26/h1,3-4,7-11,18,22H,2,5-6,12-17H2,(H,24,27)/t22-/m1/s1. The van der Waals surface area contributed by atoms with E-state index in [1.807, 2.05) is 30.3 Å². The van der Waals surface area contributed by atoms with Crippen LogP contribution in [0.3, 0.4) is 0 Å². The Labute approximate surface area is 184 Å². The molecular formula is C23H29N3O4S. The number of carbonyl (C=O) groups excluding carboxylic acids is 1. The molecule has 166 valence electrons. The molecule has 2 saturated heterocycles. The number of benzene rings is 2. The van der Waals surface area contributed by atoms with Gasteiger partial charge in [-0.15, -0.1) is 0 Å². The summed E-state index contributed by atoms with van der Waals surface area (Å²) < 4.78 is 32.6. The van der Waals surface area contributed by atoms with E-state index < -0.39 is 16.1 Å². The molecule has 0 bridgehead atoms. The van der Waals surface area contributed by atoms with Crippen molar-refractivity contribution in [3.63, 3.8) is 0 Å². The fourth-order valence-electron chi connectivity index (χ4n) is 4.22. The van der Waals surface area contributed by atoms with Crippen LogP contribution in [0, 0.1) is 0 Å². The number of anilines is 1. The Morgan fingerprint density at radius 1 is 0.903 bits per heavy atom. The Morgan fingerprint density at radius 3 is 2.32 bits per heavy atom. The monoisotopic (exact) mass is 443 g/mol. The molecule has 2 fully saturated rings. The van der Waals surface area contributed by atoms with Crippen molar-refractivity contribution in [1.29, 1.82) is 0 Å². The highest BCUT2D eigenvalue weighted by Gasteiger charge is 2.30. The molecule has 2 aromatic rings. The van der Waals surface area contributed by atoms with Gasteiger partial charge in [0, 0.05) is 18.8 Å². The first kappa shape index (κ1) is 22.0. The zero-order valence-corrected chi connectivity index (χ0v) is 18.4. The van der Waals surface area contributed by atoms with Gasteiger partial charge < -0.3 is 10.1 Å². The molecule has 0 spiro atoms. The number of nitrogens with one attached hydrogen (secondary N) is 1. The van der Waals surface area contributed by atoms with E-state index >= 15 is 0 Å². The Balaban J connectivity index is 1.55. The van der Waals surface area contributed by atoms with Crippen LogP contribution in [0.2, 0.25) is 0 Å². The number of sulfonamides is 1. The molecular weight excluding hydrogens is 414 g/mol.